The first kappa shape index (κ1) is 15.5. The Hall–Kier alpha value is -1.89. The Morgan fingerprint density at radius 2 is 2.24 bits per heavy atom. The van der Waals surface area contributed by atoms with Gasteiger partial charge in [0, 0.05) is 20.2 Å². The van der Waals surface area contributed by atoms with Crippen LogP contribution in [0.1, 0.15) is 25.5 Å². The van der Waals surface area contributed by atoms with Gasteiger partial charge in [0.2, 0.25) is 11.8 Å². The van der Waals surface area contributed by atoms with Gasteiger partial charge in [-0.1, -0.05) is 5.16 Å². The van der Waals surface area contributed by atoms with Crippen LogP contribution in [0.15, 0.2) is 10.6 Å². The molecule has 1 atom stereocenters. The highest BCUT2D eigenvalue weighted by Gasteiger charge is 2.44. The normalized spacial score (nSPS) is 22.3. The maximum Gasteiger partial charge on any atom is 0.242 e. The van der Waals surface area contributed by atoms with Crippen molar-refractivity contribution in [3.05, 3.63) is 11.8 Å². The Balaban J connectivity index is 2.01. The Kier molecular flexibility index (Phi) is 4.32. The van der Waals surface area contributed by atoms with Crippen LogP contribution in [0.4, 0.5) is 5.82 Å². The quantitative estimate of drug-likeness (QED) is 0.891. The van der Waals surface area contributed by atoms with Gasteiger partial charge in [-0.3, -0.25) is 14.5 Å². The van der Waals surface area contributed by atoms with E-state index >= 15 is 0 Å². The van der Waals surface area contributed by atoms with Crippen LogP contribution in [0.3, 0.4) is 0 Å². The van der Waals surface area contributed by atoms with Crippen molar-refractivity contribution < 1.29 is 14.1 Å². The van der Waals surface area contributed by atoms with E-state index in [4.69, 9.17) is 4.52 Å². The number of anilines is 1. The molecule has 0 radical (unpaired) electrons. The smallest absolute Gasteiger partial charge is 0.242 e. The molecule has 0 aromatic carbocycles. The summed E-state index contributed by atoms with van der Waals surface area (Å²) < 4.78 is 4.91. The summed E-state index contributed by atoms with van der Waals surface area (Å²) in [5.74, 6) is 0.879. The van der Waals surface area contributed by atoms with Crippen LogP contribution in [0.25, 0.3) is 0 Å². The predicted molar refractivity (Wildman–Crippen MR) is 77.8 cm³/mol. The standard InChI is InChI=1S/C14H22N4O3/c1-10-8-11(16-21-10)15-12(19)9-18-7-5-6-14(18,2)13(20)17(3)4/h8H,5-7,9H2,1-4H3,(H,15,16,19)/t14-/m0/s1. The molecule has 0 saturated carbocycles. The monoisotopic (exact) mass is 294 g/mol. The molecular weight excluding hydrogens is 272 g/mol. The number of hydrogen-bond donors (Lipinski definition) is 1. The zero-order valence-corrected chi connectivity index (χ0v) is 13.0. The van der Waals surface area contributed by atoms with Gasteiger partial charge in [-0.15, -0.1) is 0 Å². The van der Waals surface area contributed by atoms with Crippen molar-refractivity contribution in [3.63, 3.8) is 0 Å². The minimum atomic E-state index is -0.611. The minimum absolute atomic E-state index is 0.0325. The second kappa shape index (κ2) is 5.85. The molecule has 21 heavy (non-hydrogen) atoms. The number of amides is 2. The summed E-state index contributed by atoms with van der Waals surface area (Å²) >= 11 is 0. The first-order chi connectivity index (χ1) is 9.83. The summed E-state index contributed by atoms with van der Waals surface area (Å²) in [4.78, 5) is 28.0. The van der Waals surface area contributed by atoms with E-state index in [1.807, 2.05) is 11.8 Å². The number of aryl methyl sites for hydroxylation is 1. The van der Waals surface area contributed by atoms with Crippen molar-refractivity contribution >= 4 is 17.6 Å². The average molecular weight is 294 g/mol. The van der Waals surface area contributed by atoms with Crippen molar-refractivity contribution in [3.8, 4) is 0 Å². The Labute approximate surface area is 124 Å². The van der Waals surface area contributed by atoms with Crippen LogP contribution in [-0.4, -0.2) is 59.5 Å². The molecule has 0 spiro atoms. The summed E-state index contributed by atoms with van der Waals surface area (Å²) in [6, 6.07) is 1.66. The molecule has 1 fully saturated rings. The fourth-order valence-corrected chi connectivity index (χ4v) is 2.78. The minimum Gasteiger partial charge on any atom is -0.360 e. The third-order valence-corrected chi connectivity index (χ3v) is 3.89. The number of carbonyl (C=O) groups is 2. The number of carbonyl (C=O) groups excluding carboxylic acids is 2. The molecular formula is C14H22N4O3. The number of nitrogens with one attached hydrogen (secondary N) is 1. The molecule has 2 heterocycles. The first-order valence-corrected chi connectivity index (χ1v) is 7.03. The highest BCUT2D eigenvalue weighted by Crippen LogP contribution is 2.30. The van der Waals surface area contributed by atoms with E-state index in [1.165, 1.54) is 0 Å². The van der Waals surface area contributed by atoms with Gasteiger partial charge in [-0.25, -0.2) is 0 Å². The van der Waals surface area contributed by atoms with Gasteiger partial charge < -0.3 is 14.7 Å². The third kappa shape index (κ3) is 3.24. The lowest BCUT2D eigenvalue weighted by atomic mass is 9.97. The van der Waals surface area contributed by atoms with E-state index in [-0.39, 0.29) is 18.4 Å². The van der Waals surface area contributed by atoms with E-state index in [0.29, 0.717) is 11.6 Å². The molecule has 1 aromatic rings. The fourth-order valence-electron chi connectivity index (χ4n) is 2.78. The average Bonchev–Trinajstić information content (AvgIpc) is 2.96. The highest BCUT2D eigenvalue weighted by molar-refractivity contribution is 5.92. The Morgan fingerprint density at radius 1 is 1.52 bits per heavy atom. The van der Waals surface area contributed by atoms with Crippen LogP contribution in [0.5, 0.6) is 0 Å². The van der Waals surface area contributed by atoms with E-state index in [9.17, 15) is 9.59 Å². The summed E-state index contributed by atoms with van der Waals surface area (Å²) in [5.41, 5.74) is -0.611. The molecule has 1 N–H and O–H groups in total. The molecule has 0 aliphatic carbocycles. The number of hydrogen-bond acceptors (Lipinski definition) is 5. The zero-order valence-electron chi connectivity index (χ0n) is 13.0. The van der Waals surface area contributed by atoms with E-state index in [2.05, 4.69) is 10.5 Å². The molecule has 116 valence electrons. The lowest BCUT2D eigenvalue weighted by Crippen LogP contribution is -2.54. The van der Waals surface area contributed by atoms with Crippen molar-refractivity contribution in [1.82, 2.24) is 15.0 Å². The first-order valence-electron chi connectivity index (χ1n) is 7.03. The van der Waals surface area contributed by atoms with Crippen molar-refractivity contribution in [2.45, 2.75) is 32.2 Å². The molecule has 7 nitrogen and oxygen atoms in total. The number of nitrogens with zero attached hydrogens (tertiary/aromatic N) is 3. The molecule has 7 heteroatoms. The van der Waals surface area contributed by atoms with Gasteiger partial charge >= 0.3 is 0 Å². The molecule has 1 aliphatic rings. The fraction of sp³-hybridized carbons (Fsp3) is 0.643. The van der Waals surface area contributed by atoms with Gasteiger partial charge in [-0.05, 0) is 33.2 Å². The molecule has 1 saturated heterocycles. The van der Waals surface area contributed by atoms with Crippen LogP contribution in [0.2, 0.25) is 0 Å². The van der Waals surface area contributed by atoms with Crippen molar-refractivity contribution in [2.75, 3.05) is 32.5 Å². The van der Waals surface area contributed by atoms with Gasteiger partial charge in [0.1, 0.15) is 5.76 Å². The Morgan fingerprint density at radius 3 is 2.81 bits per heavy atom. The summed E-state index contributed by atoms with van der Waals surface area (Å²) in [6.07, 6.45) is 1.67. The van der Waals surface area contributed by atoms with Crippen LogP contribution in [-0.2, 0) is 9.59 Å². The van der Waals surface area contributed by atoms with Crippen molar-refractivity contribution in [2.24, 2.45) is 0 Å². The van der Waals surface area contributed by atoms with E-state index < -0.39 is 5.54 Å². The molecule has 0 bridgehead atoms. The van der Waals surface area contributed by atoms with Gasteiger partial charge in [-0.2, -0.15) is 0 Å². The zero-order chi connectivity index (χ0) is 15.6. The second-order valence-electron chi connectivity index (χ2n) is 5.87. The maximum atomic E-state index is 12.3. The molecule has 2 rings (SSSR count). The van der Waals surface area contributed by atoms with Crippen LogP contribution < -0.4 is 5.32 Å². The lowest BCUT2D eigenvalue weighted by Gasteiger charge is -2.35. The predicted octanol–water partition coefficient (Wildman–Crippen LogP) is 0.864. The Bertz CT molecular complexity index is 540. The van der Waals surface area contributed by atoms with Gasteiger partial charge in [0.15, 0.2) is 5.82 Å². The molecule has 1 aliphatic heterocycles. The SMILES string of the molecule is Cc1cc(NC(=O)CN2CCC[C@@]2(C)C(=O)N(C)C)no1. The topological polar surface area (TPSA) is 78.7 Å². The van der Waals surface area contributed by atoms with E-state index in [1.54, 1.807) is 32.0 Å². The second-order valence-corrected chi connectivity index (χ2v) is 5.87. The molecule has 1 aromatic heterocycles. The van der Waals surface area contributed by atoms with Gasteiger partial charge in [0.05, 0.1) is 12.1 Å². The number of aromatic nitrogens is 1. The number of rotatable bonds is 4. The third-order valence-electron chi connectivity index (χ3n) is 3.89. The highest BCUT2D eigenvalue weighted by atomic mass is 16.5. The van der Waals surface area contributed by atoms with Crippen LogP contribution in [0, 0.1) is 6.92 Å². The summed E-state index contributed by atoms with van der Waals surface area (Å²) in [5, 5.41) is 6.41. The molecule has 0 unspecified atom stereocenters. The summed E-state index contributed by atoms with van der Waals surface area (Å²) in [6.45, 7) is 4.56. The maximum absolute atomic E-state index is 12.3. The molecule has 2 amide bonds. The lowest BCUT2D eigenvalue weighted by molar-refractivity contribution is -0.140. The largest absolute Gasteiger partial charge is 0.360 e. The van der Waals surface area contributed by atoms with Crippen molar-refractivity contribution in [1.29, 1.82) is 0 Å². The van der Waals surface area contributed by atoms with E-state index in [0.717, 1.165) is 19.4 Å². The number of likely N-dealkylation sites (tertiary alicyclic amines) is 1. The summed E-state index contributed by atoms with van der Waals surface area (Å²) in [7, 11) is 3.48. The van der Waals surface area contributed by atoms with Gasteiger partial charge in [0.25, 0.3) is 0 Å². The number of likely N-dealkylation sites (N-methyl/N-ethyl adjacent to an activating group) is 1. The van der Waals surface area contributed by atoms with Crippen LogP contribution >= 0.6 is 0 Å².